The van der Waals surface area contributed by atoms with Crippen LogP contribution in [0.2, 0.25) is 0 Å². The van der Waals surface area contributed by atoms with Gasteiger partial charge in [0.25, 0.3) is 11.8 Å². The zero-order valence-corrected chi connectivity index (χ0v) is 16.9. The van der Waals surface area contributed by atoms with Gasteiger partial charge in [-0.3, -0.25) is 19.9 Å². The van der Waals surface area contributed by atoms with E-state index in [1.54, 1.807) is 11.0 Å². The van der Waals surface area contributed by atoms with Gasteiger partial charge < -0.3 is 10.2 Å². The molecule has 6 nitrogen and oxygen atoms in total. The first kappa shape index (κ1) is 21.0. The van der Waals surface area contributed by atoms with Crippen molar-refractivity contribution < 1.29 is 27.6 Å². The molecule has 2 amide bonds. The summed E-state index contributed by atoms with van der Waals surface area (Å²) in [6.07, 6.45) is 5.14. The molecule has 2 aliphatic heterocycles. The Balaban J connectivity index is 1.31. The second-order valence-electron chi connectivity index (χ2n) is 7.84. The van der Waals surface area contributed by atoms with E-state index in [0.717, 1.165) is 12.8 Å². The Hall–Kier alpha value is -2.20. The number of nitrogens with zero attached hydrogens (tertiary/aromatic N) is 1. The summed E-state index contributed by atoms with van der Waals surface area (Å²) in [5.74, 6) is 0.168. The van der Waals surface area contributed by atoms with Gasteiger partial charge in [0.05, 0.1) is 0 Å². The van der Waals surface area contributed by atoms with Crippen molar-refractivity contribution in [2.45, 2.75) is 41.7 Å². The SMILES string of the molecule is O=C(NCC1CC1)C1=CC2(CCN(C(=O)c3ccc(SC(F)(F)F)cc3)CC2)ON1. The zero-order valence-electron chi connectivity index (χ0n) is 16.1. The van der Waals surface area contributed by atoms with Gasteiger partial charge in [-0.2, -0.15) is 13.2 Å². The molecular formula is C20H22F3N3O3S. The van der Waals surface area contributed by atoms with Crippen LogP contribution in [0.15, 0.2) is 40.9 Å². The topological polar surface area (TPSA) is 70.7 Å². The third-order valence-corrected chi connectivity index (χ3v) is 6.24. The minimum absolute atomic E-state index is 0.0414. The molecule has 0 aromatic heterocycles. The number of halogens is 3. The molecule has 1 saturated carbocycles. The van der Waals surface area contributed by atoms with Crippen molar-refractivity contribution in [3.63, 3.8) is 0 Å². The van der Waals surface area contributed by atoms with E-state index in [1.807, 2.05) is 0 Å². The summed E-state index contributed by atoms with van der Waals surface area (Å²) in [5.41, 5.74) is -1.53. The highest BCUT2D eigenvalue weighted by Gasteiger charge is 2.41. The first-order chi connectivity index (χ1) is 14.2. The fourth-order valence-corrected chi connectivity index (χ4v) is 4.10. The molecular weight excluding hydrogens is 419 g/mol. The molecule has 1 aliphatic carbocycles. The Morgan fingerprint density at radius 3 is 2.47 bits per heavy atom. The number of hydroxylamine groups is 1. The van der Waals surface area contributed by atoms with Crippen molar-refractivity contribution in [1.29, 1.82) is 0 Å². The van der Waals surface area contributed by atoms with E-state index in [4.69, 9.17) is 4.84 Å². The number of likely N-dealkylation sites (tertiary alicyclic amines) is 1. The average molecular weight is 441 g/mol. The summed E-state index contributed by atoms with van der Waals surface area (Å²) in [6, 6.07) is 5.43. The van der Waals surface area contributed by atoms with Crippen molar-refractivity contribution in [2.24, 2.45) is 5.92 Å². The van der Waals surface area contributed by atoms with Crippen LogP contribution in [0.1, 0.15) is 36.0 Å². The smallest absolute Gasteiger partial charge is 0.350 e. The predicted molar refractivity (Wildman–Crippen MR) is 104 cm³/mol. The highest BCUT2D eigenvalue weighted by Crippen LogP contribution is 2.37. The molecule has 2 N–H and O–H groups in total. The highest BCUT2D eigenvalue weighted by molar-refractivity contribution is 8.00. The molecule has 0 atom stereocenters. The standard InChI is InChI=1S/C20H22F3N3O3S/c21-20(22,23)30-15-5-3-14(4-6-15)18(28)26-9-7-19(8-10-26)11-16(25-29-19)17(27)24-12-13-1-2-13/h3-6,11,13,25H,1-2,7-10,12H2,(H,24,27). The number of carbonyl (C=O) groups is 2. The Labute approximate surface area is 176 Å². The summed E-state index contributed by atoms with van der Waals surface area (Å²) >= 11 is -0.207. The summed E-state index contributed by atoms with van der Waals surface area (Å²) < 4.78 is 37.3. The lowest BCUT2D eigenvalue weighted by Gasteiger charge is -2.36. The molecule has 0 radical (unpaired) electrons. The molecule has 2 heterocycles. The van der Waals surface area contributed by atoms with Crippen LogP contribution in [0.25, 0.3) is 0 Å². The lowest BCUT2D eigenvalue weighted by Crippen LogP contribution is -2.46. The average Bonchev–Trinajstić information content (AvgIpc) is 3.45. The van der Waals surface area contributed by atoms with Crippen molar-refractivity contribution in [3.05, 3.63) is 41.6 Å². The van der Waals surface area contributed by atoms with Crippen LogP contribution in [-0.4, -0.2) is 47.5 Å². The maximum absolute atomic E-state index is 12.7. The number of carbonyl (C=O) groups excluding carboxylic acids is 2. The fraction of sp³-hybridized carbons (Fsp3) is 0.500. The van der Waals surface area contributed by atoms with E-state index in [2.05, 4.69) is 10.8 Å². The normalized spacial score (nSPS) is 20.6. The summed E-state index contributed by atoms with van der Waals surface area (Å²) in [4.78, 5) is 32.3. The Kier molecular flexibility index (Phi) is 5.71. The lowest BCUT2D eigenvalue weighted by molar-refractivity contribution is -0.120. The molecule has 10 heteroatoms. The summed E-state index contributed by atoms with van der Waals surface area (Å²) in [6.45, 7) is 1.52. The van der Waals surface area contributed by atoms with Crippen LogP contribution in [0.4, 0.5) is 13.2 Å². The third kappa shape index (κ3) is 5.10. The number of hydrogen-bond donors (Lipinski definition) is 2. The summed E-state index contributed by atoms with van der Waals surface area (Å²) in [5, 5.41) is 2.89. The maximum atomic E-state index is 12.7. The first-order valence-electron chi connectivity index (χ1n) is 9.83. The minimum atomic E-state index is -4.36. The molecule has 0 unspecified atom stereocenters. The van der Waals surface area contributed by atoms with Crippen molar-refractivity contribution in [1.82, 2.24) is 15.7 Å². The van der Waals surface area contributed by atoms with Crippen LogP contribution < -0.4 is 10.8 Å². The van der Waals surface area contributed by atoms with Gasteiger partial charge in [-0.1, -0.05) is 0 Å². The molecule has 1 aromatic carbocycles. The van der Waals surface area contributed by atoms with Crippen molar-refractivity contribution >= 4 is 23.6 Å². The van der Waals surface area contributed by atoms with Crippen molar-refractivity contribution in [2.75, 3.05) is 19.6 Å². The van der Waals surface area contributed by atoms with Gasteiger partial charge in [-0.15, -0.1) is 0 Å². The van der Waals surface area contributed by atoms with Crippen molar-refractivity contribution in [3.8, 4) is 0 Å². The second kappa shape index (κ2) is 8.14. The number of hydrogen-bond acceptors (Lipinski definition) is 5. The van der Waals surface area contributed by atoms with Gasteiger partial charge in [-0.25, -0.2) is 0 Å². The number of alkyl halides is 3. The van der Waals surface area contributed by atoms with Crippen LogP contribution in [0, 0.1) is 5.92 Å². The number of thioether (sulfide) groups is 1. The fourth-order valence-electron chi connectivity index (χ4n) is 3.56. The van der Waals surface area contributed by atoms with Crippen LogP contribution in [0.5, 0.6) is 0 Å². The molecule has 1 spiro atoms. The molecule has 30 heavy (non-hydrogen) atoms. The molecule has 0 bridgehead atoms. The molecule has 162 valence electrons. The Morgan fingerprint density at radius 1 is 1.20 bits per heavy atom. The Morgan fingerprint density at radius 2 is 1.87 bits per heavy atom. The Bertz CT molecular complexity index is 845. The monoisotopic (exact) mass is 441 g/mol. The van der Waals surface area contributed by atoms with Gasteiger partial charge in [0.1, 0.15) is 11.3 Å². The first-order valence-corrected chi connectivity index (χ1v) is 10.6. The van der Waals surface area contributed by atoms with E-state index in [9.17, 15) is 22.8 Å². The molecule has 4 rings (SSSR count). The van der Waals surface area contributed by atoms with Crippen LogP contribution >= 0.6 is 11.8 Å². The molecule has 2 fully saturated rings. The van der Waals surface area contributed by atoms with E-state index in [-0.39, 0.29) is 28.5 Å². The highest BCUT2D eigenvalue weighted by atomic mass is 32.2. The molecule has 3 aliphatic rings. The van der Waals surface area contributed by atoms with E-state index in [1.165, 1.54) is 24.3 Å². The van der Waals surface area contributed by atoms with E-state index >= 15 is 0 Å². The van der Waals surface area contributed by atoms with E-state index < -0.39 is 11.1 Å². The number of piperidine rings is 1. The maximum Gasteiger partial charge on any atom is 0.446 e. The lowest BCUT2D eigenvalue weighted by atomic mass is 9.90. The van der Waals surface area contributed by atoms with E-state index in [0.29, 0.717) is 49.7 Å². The third-order valence-electron chi connectivity index (χ3n) is 5.50. The number of nitrogens with one attached hydrogen (secondary N) is 2. The minimum Gasteiger partial charge on any atom is -0.350 e. The van der Waals surface area contributed by atoms with Gasteiger partial charge in [-0.05, 0) is 60.9 Å². The molecule has 1 saturated heterocycles. The number of rotatable bonds is 5. The van der Waals surface area contributed by atoms with Crippen LogP contribution in [0.3, 0.4) is 0 Å². The predicted octanol–water partition coefficient (Wildman–Crippen LogP) is 3.22. The quantitative estimate of drug-likeness (QED) is 0.687. The zero-order chi connectivity index (χ0) is 21.4. The summed E-state index contributed by atoms with van der Waals surface area (Å²) in [7, 11) is 0. The second-order valence-corrected chi connectivity index (χ2v) is 8.98. The van der Waals surface area contributed by atoms with Crippen LogP contribution in [-0.2, 0) is 9.63 Å². The van der Waals surface area contributed by atoms with Gasteiger partial charge in [0.15, 0.2) is 0 Å². The molecule has 1 aromatic rings. The number of amides is 2. The largest absolute Gasteiger partial charge is 0.446 e. The van der Waals surface area contributed by atoms with Gasteiger partial charge in [0, 0.05) is 42.9 Å². The van der Waals surface area contributed by atoms with Gasteiger partial charge in [0.2, 0.25) is 0 Å². The van der Waals surface area contributed by atoms with Gasteiger partial charge >= 0.3 is 5.51 Å². The number of benzene rings is 1.